The number of nitriles is 1. The molecule has 0 spiro atoms. The van der Waals surface area contributed by atoms with E-state index in [0.29, 0.717) is 9.50 Å². The van der Waals surface area contributed by atoms with Crippen molar-refractivity contribution in [3.8, 4) is 23.1 Å². The molecule has 1 aromatic carbocycles. The van der Waals surface area contributed by atoms with Gasteiger partial charge in [-0.3, -0.25) is 0 Å². The molecule has 0 saturated heterocycles. The van der Waals surface area contributed by atoms with Crippen LogP contribution in [0.25, 0.3) is 11.3 Å². The Hall–Kier alpha value is -2.04. The lowest BCUT2D eigenvalue weighted by atomic mass is 10.1. The fourth-order valence-corrected chi connectivity index (χ4v) is 2.23. The third-order valence-electron chi connectivity index (χ3n) is 2.38. The molecule has 0 unspecified atom stereocenters. The third kappa shape index (κ3) is 2.28. The first-order valence-electron chi connectivity index (χ1n) is 4.96. The summed E-state index contributed by atoms with van der Waals surface area (Å²) in [5, 5.41) is 19.4. The lowest BCUT2D eigenvalue weighted by molar-refractivity contribution is 0.477. The minimum Gasteiger partial charge on any atom is -0.507 e. The van der Waals surface area contributed by atoms with Crippen molar-refractivity contribution in [2.45, 2.75) is 0 Å². The molecule has 0 bridgehead atoms. The minimum absolute atomic E-state index is 0.0208. The van der Waals surface area contributed by atoms with Gasteiger partial charge in [-0.25, -0.2) is 4.98 Å². The van der Waals surface area contributed by atoms with Gasteiger partial charge in [0.1, 0.15) is 28.9 Å². The first kappa shape index (κ1) is 13.4. The molecule has 0 amide bonds. The third-order valence-corrected chi connectivity index (χ3v) is 3.74. The van der Waals surface area contributed by atoms with E-state index in [9.17, 15) is 5.11 Å². The molecule has 0 aliphatic rings. The van der Waals surface area contributed by atoms with Gasteiger partial charge in [-0.05, 0) is 28.1 Å². The van der Waals surface area contributed by atoms with E-state index >= 15 is 0 Å². The highest BCUT2D eigenvalue weighted by Crippen LogP contribution is 2.41. The van der Waals surface area contributed by atoms with E-state index in [1.807, 2.05) is 6.07 Å². The number of nitrogens with zero attached hydrogens (tertiary/aromatic N) is 3. The zero-order chi connectivity index (χ0) is 14.2. The second-order valence-corrected chi connectivity index (χ2v) is 4.76. The van der Waals surface area contributed by atoms with E-state index < -0.39 is 0 Å². The van der Waals surface area contributed by atoms with E-state index in [2.05, 4.69) is 25.9 Å². The summed E-state index contributed by atoms with van der Waals surface area (Å²) in [4.78, 5) is 7.66. The predicted molar refractivity (Wildman–Crippen MR) is 75.4 cm³/mol. The molecule has 1 heterocycles. The van der Waals surface area contributed by atoms with Crippen molar-refractivity contribution in [3.63, 3.8) is 0 Å². The molecular weight excluding hydrogens is 334 g/mol. The number of hydrogen-bond acceptors (Lipinski definition) is 6. The monoisotopic (exact) mass is 339 g/mol. The van der Waals surface area contributed by atoms with Crippen LogP contribution >= 0.6 is 27.5 Å². The van der Waals surface area contributed by atoms with Gasteiger partial charge in [0.25, 0.3) is 0 Å². The van der Waals surface area contributed by atoms with Gasteiger partial charge in [0.15, 0.2) is 0 Å². The second-order valence-electron chi connectivity index (χ2n) is 3.56. The SMILES string of the molecule is N#Cc1c(N)nc(N)nc1-c1c(O)ccc(Cl)c1Br. The molecule has 0 aliphatic carbocycles. The number of hydrogen-bond donors (Lipinski definition) is 3. The van der Waals surface area contributed by atoms with Gasteiger partial charge in [-0.2, -0.15) is 10.2 Å². The fraction of sp³-hybridized carbons (Fsp3) is 0. The lowest BCUT2D eigenvalue weighted by Crippen LogP contribution is -2.05. The standard InChI is InChI=1S/C11H7BrClN5O/c12-8-5(13)1-2-6(19)7(8)9-4(3-14)10(15)18-11(16)17-9/h1-2,19H,(H4,15,16,17,18). The van der Waals surface area contributed by atoms with Crippen LogP contribution in [-0.2, 0) is 0 Å². The van der Waals surface area contributed by atoms with Crippen LogP contribution in [0.4, 0.5) is 11.8 Å². The Labute approximate surface area is 121 Å². The summed E-state index contributed by atoms with van der Waals surface area (Å²) in [5.41, 5.74) is 11.5. The summed E-state index contributed by atoms with van der Waals surface area (Å²) in [7, 11) is 0. The van der Waals surface area contributed by atoms with Crippen molar-refractivity contribution >= 4 is 39.3 Å². The molecule has 19 heavy (non-hydrogen) atoms. The van der Waals surface area contributed by atoms with Gasteiger partial charge >= 0.3 is 0 Å². The quantitative estimate of drug-likeness (QED) is 0.732. The lowest BCUT2D eigenvalue weighted by Gasteiger charge is -2.11. The Morgan fingerprint density at radius 2 is 2.00 bits per heavy atom. The van der Waals surface area contributed by atoms with Gasteiger partial charge in [0, 0.05) is 4.47 Å². The second kappa shape index (κ2) is 4.91. The number of benzene rings is 1. The van der Waals surface area contributed by atoms with Crippen LogP contribution in [0.15, 0.2) is 16.6 Å². The molecule has 0 atom stereocenters. The normalized spacial score (nSPS) is 10.2. The highest BCUT2D eigenvalue weighted by molar-refractivity contribution is 9.10. The number of anilines is 2. The molecule has 2 rings (SSSR count). The van der Waals surface area contributed by atoms with E-state index in [-0.39, 0.29) is 34.3 Å². The van der Waals surface area contributed by atoms with E-state index in [4.69, 9.17) is 28.3 Å². The number of aromatic nitrogens is 2. The van der Waals surface area contributed by atoms with Crippen LogP contribution in [0, 0.1) is 11.3 Å². The van der Waals surface area contributed by atoms with Crippen LogP contribution < -0.4 is 11.5 Å². The molecule has 0 aliphatic heterocycles. The van der Waals surface area contributed by atoms with Crippen molar-refractivity contribution in [2.75, 3.05) is 11.5 Å². The van der Waals surface area contributed by atoms with E-state index in [1.165, 1.54) is 12.1 Å². The van der Waals surface area contributed by atoms with Gasteiger partial charge in [0.05, 0.1) is 10.6 Å². The molecule has 96 valence electrons. The summed E-state index contributed by atoms with van der Waals surface area (Å²) in [6, 6.07) is 4.77. The Bertz CT molecular complexity index is 713. The summed E-state index contributed by atoms with van der Waals surface area (Å²) in [6.45, 7) is 0. The van der Waals surface area contributed by atoms with Crippen molar-refractivity contribution < 1.29 is 5.11 Å². The molecule has 0 radical (unpaired) electrons. The molecule has 2 aromatic rings. The Morgan fingerprint density at radius 1 is 1.32 bits per heavy atom. The van der Waals surface area contributed by atoms with Crippen molar-refractivity contribution in [1.82, 2.24) is 9.97 Å². The summed E-state index contributed by atoms with van der Waals surface area (Å²) in [6.07, 6.45) is 0. The molecule has 8 heteroatoms. The average Bonchev–Trinajstić information content (AvgIpc) is 2.34. The molecule has 0 saturated carbocycles. The summed E-state index contributed by atoms with van der Waals surface area (Å²) in [5.74, 6) is -0.265. The molecule has 6 nitrogen and oxygen atoms in total. The highest BCUT2D eigenvalue weighted by atomic mass is 79.9. The number of rotatable bonds is 1. The van der Waals surface area contributed by atoms with Crippen molar-refractivity contribution in [3.05, 3.63) is 27.2 Å². The Morgan fingerprint density at radius 3 is 2.63 bits per heavy atom. The van der Waals surface area contributed by atoms with E-state index in [0.717, 1.165) is 0 Å². The maximum atomic E-state index is 9.93. The topological polar surface area (TPSA) is 122 Å². The Balaban J connectivity index is 2.87. The molecule has 5 N–H and O–H groups in total. The number of nitrogen functional groups attached to an aromatic ring is 2. The average molecular weight is 341 g/mol. The molecule has 1 aromatic heterocycles. The number of phenolic OH excluding ortho intramolecular Hbond substituents is 1. The van der Waals surface area contributed by atoms with Crippen LogP contribution in [0.5, 0.6) is 5.75 Å². The maximum absolute atomic E-state index is 9.93. The van der Waals surface area contributed by atoms with Crippen molar-refractivity contribution in [2.24, 2.45) is 0 Å². The van der Waals surface area contributed by atoms with Crippen molar-refractivity contribution in [1.29, 1.82) is 5.26 Å². The van der Waals surface area contributed by atoms with Gasteiger partial charge in [0.2, 0.25) is 5.95 Å². The van der Waals surface area contributed by atoms with Crippen LogP contribution in [0.3, 0.4) is 0 Å². The molecule has 0 fully saturated rings. The molecular formula is C11H7BrClN5O. The van der Waals surface area contributed by atoms with E-state index in [1.54, 1.807) is 0 Å². The predicted octanol–water partition coefficient (Wildman–Crippen LogP) is 2.30. The number of nitrogens with two attached hydrogens (primary N) is 2. The smallest absolute Gasteiger partial charge is 0.222 e. The van der Waals surface area contributed by atoms with Crippen LogP contribution in [0.2, 0.25) is 5.02 Å². The van der Waals surface area contributed by atoms with Gasteiger partial charge in [-0.15, -0.1) is 0 Å². The number of phenols is 1. The highest BCUT2D eigenvalue weighted by Gasteiger charge is 2.20. The Kier molecular flexibility index (Phi) is 3.46. The maximum Gasteiger partial charge on any atom is 0.222 e. The van der Waals surface area contributed by atoms with Crippen LogP contribution in [0.1, 0.15) is 5.56 Å². The number of halogens is 2. The zero-order valence-corrected chi connectivity index (χ0v) is 11.7. The van der Waals surface area contributed by atoms with Crippen LogP contribution in [-0.4, -0.2) is 15.1 Å². The summed E-state index contributed by atoms with van der Waals surface area (Å²) >= 11 is 9.20. The van der Waals surface area contributed by atoms with Gasteiger partial charge in [-0.1, -0.05) is 11.6 Å². The minimum atomic E-state index is -0.106. The first-order chi connectivity index (χ1) is 8.95. The number of aromatic hydroxyl groups is 1. The van der Waals surface area contributed by atoms with Gasteiger partial charge < -0.3 is 16.6 Å². The first-order valence-corrected chi connectivity index (χ1v) is 6.13. The fourth-order valence-electron chi connectivity index (χ4n) is 1.55. The largest absolute Gasteiger partial charge is 0.507 e. The zero-order valence-electron chi connectivity index (χ0n) is 9.35. The summed E-state index contributed by atoms with van der Waals surface area (Å²) < 4.78 is 0.392.